The van der Waals surface area contributed by atoms with Gasteiger partial charge < -0.3 is 19.3 Å². The van der Waals surface area contributed by atoms with Gasteiger partial charge in [-0.25, -0.2) is 0 Å². The lowest BCUT2D eigenvalue weighted by Crippen LogP contribution is -2.40. The number of aromatic nitrogens is 1. The van der Waals surface area contributed by atoms with Crippen LogP contribution < -0.4 is 14.8 Å². The Morgan fingerprint density at radius 1 is 1.03 bits per heavy atom. The van der Waals surface area contributed by atoms with Gasteiger partial charge in [-0.3, -0.25) is 9.69 Å². The molecule has 180 valence electrons. The topological polar surface area (TPSA) is 76.8 Å². The average molecular weight is 464 g/mol. The number of nitrogens with one attached hydrogen (secondary N) is 1. The molecule has 34 heavy (non-hydrogen) atoms. The molecule has 1 atom stereocenters. The second kappa shape index (κ2) is 10.7. The van der Waals surface area contributed by atoms with Crippen molar-refractivity contribution in [3.8, 4) is 22.8 Å². The van der Waals surface area contributed by atoms with Crippen molar-refractivity contribution in [2.75, 3.05) is 33.9 Å². The van der Waals surface area contributed by atoms with Crippen LogP contribution in [-0.2, 0) is 0 Å². The van der Waals surface area contributed by atoms with E-state index in [0.717, 1.165) is 54.1 Å². The van der Waals surface area contributed by atoms with Crippen LogP contribution in [0.1, 0.15) is 52.5 Å². The van der Waals surface area contributed by atoms with Gasteiger partial charge in [0.15, 0.2) is 11.5 Å². The fourth-order valence-corrected chi connectivity index (χ4v) is 4.46. The lowest BCUT2D eigenvalue weighted by atomic mass is 10.00. The van der Waals surface area contributed by atoms with E-state index in [1.807, 2.05) is 36.4 Å². The van der Waals surface area contributed by atoms with Gasteiger partial charge >= 0.3 is 0 Å². The van der Waals surface area contributed by atoms with Gasteiger partial charge in [-0.2, -0.15) is 0 Å². The zero-order valence-corrected chi connectivity index (χ0v) is 20.4. The molecule has 1 aliphatic heterocycles. The first kappa shape index (κ1) is 23.8. The van der Waals surface area contributed by atoms with E-state index in [1.165, 1.54) is 12.0 Å². The van der Waals surface area contributed by atoms with E-state index >= 15 is 0 Å². The van der Waals surface area contributed by atoms with Gasteiger partial charge in [0.25, 0.3) is 5.91 Å². The summed E-state index contributed by atoms with van der Waals surface area (Å²) in [6.07, 6.45) is 3.50. The van der Waals surface area contributed by atoms with Gasteiger partial charge in [0.1, 0.15) is 11.5 Å². The van der Waals surface area contributed by atoms with Crippen molar-refractivity contribution in [3.63, 3.8) is 0 Å². The smallest absolute Gasteiger partial charge is 0.273 e. The summed E-state index contributed by atoms with van der Waals surface area (Å²) in [6.45, 7) is 6.49. The molecule has 0 bridgehead atoms. The summed E-state index contributed by atoms with van der Waals surface area (Å²) in [7, 11) is 3.32. The molecule has 0 aliphatic carbocycles. The number of hydrogen-bond acceptors (Lipinski definition) is 6. The molecule has 7 heteroatoms. The van der Waals surface area contributed by atoms with E-state index in [9.17, 15) is 4.79 Å². The first-order valence-corrected chi connectivity index (χ1v) is 11.8. The Morgan fingerprint density at radius 3 is 2.53 bits per heavy atom. The SMILES string of the molecule is COc1ccc(OC)c([C@H](CNC(=O)c2cc(-c3ccc(C)c(C)c3)on2)N2CCCCC2)c1. The molecule has 1 saturated heterocycles. The summed E-state index contributed by atoms with van der Waals surface area (Å²) in [4.78, 5) is 15.4. The summed E-state index contributed by atoms with van der Waals surface area (Å²) in [5.74, 6) is 1.86. The molecule has 1 aliphatic rings. The number of likely N-dealkylation sites (tertiary alicyclic amines) is 1. The summed E-state index contributed by atoms with van der Waals surface area (Å²) in [5.41, 5.74) is 4.54. The van der Waals surface area contributed by atoms with Crippen LogP contribution in [-0.4, -0.2) is 49.8 Å². The van der Waals surface area contributed by atoms with Crippen molar-refractivity contribution in [1.29, 1.82) is 0 Å². The Balaban J connectivity index is 1.53. The van der Waals surface area contributed by atoms with E-state index in [1.54, 1.807) is 20.3 Å². The highest BCUT2D eigenvalue weighted by molar-refractivity contribution is 5.93. The van der Waals surface area contributed by atoms with Gasteiger partial charge in [-0.1, -0.05) is 23.7 Å². The summed E-state index contributed by atoms with van der Waals surface area (Å²) < 4.78 is 16.6. The number of carbonyl (C=O) groups excluding carboxylic acids is 1. The largest absolute Gasteiger partial charge is 0.497 e. The molecule has 2 heterocycles. The minimum absolute atomic E-state index is 0.0413. The molecule has 1 N–H and O–H groups in total. The molecule has 1 aromatic heterocycles. The van der Waals surface area contributed by atoms with Gasteiger partial charge in [0.05, 0.1) is 20.3 Å². The molecule has 3 aromatic rings. The lowest BCUT2D eigenvalue weighted by Gasteiger charge is -2.35. The molecule has 7 nitrogen and oxygen atoms in total. The van der Waals surface area contributed by atoms with Crippen molar-refractivity contribution in [2.45, 2.75) is 39.2 Å². The molecule has 0 spiro atoms. The molecule has 0 radical (unpaired) electrons. The van der Waals surface area contributed by atoms with Gasteiger partial charge in [0.2, 0.25) is 0 Å². The highest BCUT2D eigenvalue weighted by Crippen LogP contribution is 2.34. The molecule has 0 saturated carbocycles. The summed E-state index contributed by atoms with van der Waals surface area (Å²) >= 11 is 0. The second-order valence-corrected chi connectivity index (χ2v) is 8.81. The molecule has 4 rings (SSSR count). The Hall–Kier alpha value is -3.32. The van der Waals surface area contributed by atoms with Crippen molar-refractivity contribution in [1.82, 2.24) is 15.4 Å². The lowest BCUT2D eigenvalue weighted by molar-refractivity contribution is 0.0914. The standard InChI is InChI=1S/C27H33N3O4/c1-18-8-9-20(14-19(18)2)26-16-23(29-34-26)27(31)28-17-24(30-12-6-5-7-13-30)22-15-21(32-3)10-11-25(22)33-4/h8-11,14-16,24H,5-7,12-13,17H2,1-4H3,(H,28,31)/t24-/m0/s1. The van der Waals surface area contributed by atoms with E-state index in [-0.39, 0.29) is 17.6 Å². The number of aryl methyl sites for hydroxylation is 2. The quantitative estimate of drug-likeness (QED) is 0.510. The van der Waals surface area contributed by atoms with E-state index in [0.29, 0.717) is 12.3 Å². The first-order valence-electron chi connectivity index (χ1n) is 11.8. The Kier molecular flexibility index (Phi) is 7.53. The van der Waals surface area contributed by atoms with E-state index in [4.69, 9.17) is 14.0 Å². The molecule has 0 unspecified atom stereocenters. The number of hydrogen-bond donors (Lipinski definition) is 1. The highest BCUT2D eigenvalue weighted by Gasteiger charge is 2.27. The minimum Gasteiger partial charge on any atom is -0.497 e. The zero-order valence-electron chi connectivity index (χ0n) is 20.4. The molecule has 1 amide bonds. The van der Waals surface area contributed by atoms with Crippen molar-refractivity contribution in [3.05, 3.63) is 64.8 Å². The summed E-state index contributed by atoms with van der Waals surface area (Å²) in [5, 5.41) is 7.09. The number of methoxy groups -OCH3 is 2. The van der Waals surface area contributed by atoms with Crippen LogP contribution in [0, 0.1) is 13.8 Å². The Labute approximate surface area is 201 Å². The predicted octanol–water partition coefficient (Wildman–Crippen LogP) is 4.93. The van der Waals surface area contributed by atoms with Crippen LogP contribution in [0.15, 0.2) is 47.0 Å². The third-order valence-electron chi connectivity index (χ3n) is 6.62. The summed E-state index contributed by atoms with van der Waals surface area (Å²) in [6, 6.07) is 13.5. The van der Waals surface area contributed by atoms with Crippen LogP contribution in [0.3, 0.4) is 0 Å². The minimum atomic E-state index is -0.261. The number of nitrogens with zero attached hydrogens (tertiary/aromatic N) is 2. The average Bonchev–Trinajstić information content (AvgIpc) is 3.37. The normalized spacial score (nSPS) is 15.1. The van der Waals surface area contributed by atoms with Crippen LogP contribution >= 0.6 is 0 Å². The number of piperidine rings is 1. The monoisotopic (exact) mass is 463 g/mol. The maximum atomic E-state index is 13.0. The second-order valence-electron chi connectivity index (χ2n) is 8.81. The maximum Gasteiger partial charge on any atom is 0.273 e. The fraction of sp³-hybridized carbons (Fsp3) is 0.407. The van der Waals surface area contributed by atoms with Gasteiger partial charge in [0, 0.05) is 23.7 Å². The molecule has 1 fully saturated rings. The third-order valence-corrected chi connectivity index (χ3v) is 6.62. The van der Waals surface area contributed by atoms with Crippen molar-refractivity contribution in [2.24, 2.45) is 0 Å². The van der Waals surface area contributed by atoms with Crippen LogP contribution in [0.2, 0.25) is 0 Å². The Bertz CT molecular complexity index is 1130. The van der Waals surface area contributed by atoms with Crippen LogP contribution in [0.4, 0.5) is 0 Å². The highest BCUT2D eigenvalue weighted by atomic mass is 16.5. The number of rotatable bonds is 8. The van der Waals surface area contributed by atoms with Gasteiger partial charge in [-0.15, -0.1) is 0 Å². The molecular formula is C27H33N3O4. The Morgan fingerprint density at radius 2 is 1.82 bits per heavy atom. The van der Waals surface area contributed by atoms with Crippen molar-refractivity contribution < 1.29 is 18.8 Å². The van der Waals surface area contributed by atoms with Crippen molar-refractivity contribution >= 4 is 5.91 Å². The first-order chi connectivity index (χ1) is 16.5. The van der Waals surface area contributed by atoms with E-state index < -0.39 is 0 Å². The van der Waals surface area contributed by atoms with E-state index in [2.05, 4.69) is 29.2 Å². The molecule has 2 aromatic carbocycles. The van der Waals surface area contributed by atoms with Crippen LogP contribution in [0.5, 0.6) is 11.5 Å². The molecular weight excluding hydrogens is 430 g/mol. The number of ether oxygens (including phenoxy) is 2. The fourth-order valence-electron chi connectivity index (χ4n) is 4.46. The van der Waals surface area contributed by atoms with Crippen LogP contribution in [0.25, 0.3) is 11.3 Å². The number of carbonyl (C=O) groups is 1. The number of amides is 1. The maximum absolute atomic E-state index is 13.0. The predicted molar refractivity (Wildman–Crippen MR) is 131 cm³/mol. The third kappa shape index (κ3) is 5.25. The number of benzene rings is 2. The zero-order chi connectivity index (χ0) is 24.1. The van der Waals surface area contributed by atoms with Gasteiger partial charge in [-0.05, 0) is 75.2 Å².